The summed E-state index contributed by atoms with van der Waals surface area (Å²) >= 11 is 0. The number of esters is 2. The molecule has 19 heavy (non-hydrogen) atoms. The predicted octanol–water partition coefficient (Wildman–Crippen LogP) is -0.733. The third-order valence-corrected chi connectivity index (χ3v) is 4.12. The molecule has 0 spiro atoms. The van der Waals surface area contributed by atoms with E-state index in [0.717, 1.165) is 4.31 Å². The highest BCUT2D eigenvalue weighted by Crippen LogP contribution is 2.09. The quantitative estimate of drug-likeness (QED) is 0.621. The second-order valence-corrected chi connectivity index (χ2v) is 6.15. The highest BCUT2D eigenvalue weighted by atomic mass is 32.2. The third-order valence-electron chi connectivity index (χ3n) is 2.35. The van der Waals surface area contributed by atoms with Gasteiger partial charge in [-0.15, -0.1) is 0 Å². The molecule has 0 aromatic heterocycles. The lowest BCUT2D eigenvalue weighted by atomic mass is 10.1. The van der Waals surface area contributed by atoms with Crippen LogP contribution in [0, 0.1) is 0 Å². The highest BCUT2D eigenvalue weighted by Gasteiger charge is 2.35. The first-order valence-electron chi connectivity index (χ1n) is 5.47. The van der Waals surface area contributed by atoms with Crippen molar-refractivity contribution in [1.82, 2.24) is 9.03 Å². The van der Waals surface area contributed by atoms with E-state index in [9.17, 15) is 18.0 Å². The molecule has 0 rings (SSSR count). The van der Waals surface area contributed by atoms with Crippen molar-refractivity contribution in [2.45, 2.75) is 25.8 Å². The van der Waals surface area contributed by atoms with Crippen LogP contribution >= 0.6 is 0 Å². The minimum atomic E-state index is -3.90. The molecule has 0 amide bonds. The molecule has 9 heteroatoms. The average molecular weight is 296 g/mol. The van der Waals surface area contributed by atoms with E-state index in [-0.39, 0.29) is 13.0 Å². The molecule has 0 aromatic carbocycles. The number of nitrogens with one attached hydrogen (secondary N) is 1. The Labute approximate surface area is 113 Å². The van der Waals surface area contributed by atoms with Crippen LogP contribution in [-0.2, 0) is 29.3 Å². The van der Waals surface area contributed by atoms with Crippen molar-refractivity contribution >= 4 is 22.1 Å². The lowest BCUT2D eigenvalue weighted by molar-refractivity contribution is -0.146. The van der Waals surface area contributed by atoms with Crippen LogP contribution in [0.5, 0.6) is 0 Å². The Hall–Kier alpha value is -1.19. The lowest BCUT2D eigenvalue weighted by Crippen LogP contribution is -2.54. The van der Waals surface area contributed by atoms with Crippen LogP contribution in [0.2, 0.25) is 0 Å². The van der Waals surface area contributed by atoms with Crippen molar-refractivity contribution in [3.05, 3.63) is 0 Å². The normalized spacial score (nSPS) is 12.3. The molecule has 0 radical (unpaired) electrons. The monoisotopic (exact) mass is 296 g/mol. The van der Waals surface area contributed by atoms with Gasteiger partial charge in [0.15, 0.2) is 0 Å². The molecule has 0 atom stereocenters. The Kier molecular flexibility index (Phi) is 6.40. The van der Waals surface area contributed by atoms with Crippen LogP contribution in [0.4, 0.5) is 0 Å². The van der Waals surface area contributed by atoms with Gasteiger partial charge in [0, 0.05) is 13.6 Å². The summed E-state index contributed by atoms with van der Waals surface area (Å²) in [6, 6.07) is 0. The second kappa shape index (κ2) is 6.83. The van der Waals surface area contributed by atoms with Crippen molar-refractivity contribution in [3.63, 3.8) is 0 Å². The molecule has 0 saturated carbocycles. The van der Waals surface area contributed by atoms with Gasteiger partial charge in [-0.05, 0) is 13.8 Å². The molecular weight excluding hydrogens is 276 g/mol. The van der Waals surface area contributed by atoms with Crippen LogP contribution in [-0.4, -0.2) is 58.0 Å². The molecule has 0 fully saturated rings. The Morgan fingerprint density at radius 2 is 1.74 bits per heavy atom. The van der Waals surface area contributed by atoms with Crippen molar-refractivity contribution < 1.29 is 27.5 Å². The summed E-state index contributed by atoms with van der Waals surface area (Å²) in [5.74, 6) is -1.23. The summed E-state index contributed by atoms with van der Waals surface area (Å²) in [4.78, 5) is 22.3. The van der Waals surface area contributed by atoms with Gasteiger partial charge in [0.25, 0.3) is 10.2 Å². The van der Waals surface area contributed by atoms with Gasteiger partial charge in [-0.2, -0.15) is 17.4 Å². The van der Waals surface area contributed by atoms with E-state index in [1.165, 1.54) is 35.1 Å². The summed E-state index contributed by atoms with van der Waals surface area (Å²) in [7, 11) is -0.228. The molecule has 0 heterocycles. The molecule has 112 valence electrons. The number of carbonyl (C=O) groups excluding carboxylic acids is 2. The standard InChI is InChI=1S/C10H20N2O6S/c1-10(2,9(14)18-5)11-19(15,16)12(3)7-6-8(13)17-4/h11H,6-7H2,1-5H3. The Morgan fingerprint density at radius 1 is 1.21 bits per heavy atom. The number of methoxy groups -OCH3 is 2. The maximum absolute atomic E-state index is 11.9. The molecule has 0 aliphatic heterocycles. The van der Waals surface area contributed by atoms with Crippen molar-refractivity contribution in [2.75, 3.05) is 27.8 Å². The maximum Gasteiger partial charge on any atom is 0.326 e. The molecule has 0 aromatic rings. The van der Waals surface area contributed by atoms with Crippen LogP contribution in [0.1, 0.15) is 20.3 Å². The molecular formula is C10H20N2O6S. The molecule has 0 unspecified atom stereocenters. The topological polar surface area (TPSA) is 102 Å². The zero-order chi connectivity index (χ0) is 15.3. The van der Waals surface area contributed by atoms with Crippen molar-refractivity contribution in [1.29, 1.82) is 0 Å². The fourth-order valence-electron chi connectivity index (χ4n) is 1.17. The van der Waals surface area contributed by atoms with Crippen molar-refractivity contribution in [2.24, 2.45) is 0 Å². The number of carbonyl (C=O) groups is 2. The van der Waals surface area contributed by atoms with Crippen LogP contribution in [0.25, 0.3) is 0 Å². The SMILES string of the molecule is COC(=O)CCN(C)S(=O)(=O)NC(C)(C)C(=O)OC. The largest absolute Gasteiger partial charge is 0.469 e. The lowest BCUT2D eigenvalue weighted by Gasteiger charge is -2.26. The zero-order valence-corrected chi connectivity index (χ0v) is 12.5. The van der Waals surface area contributed by atoms with Gasteiger partial charge in [0.1, 0.15) is 5.54 Å². The summed E-state index contributed by atoms with van der Waals surface area (Å²) in [5.41, 5.74) is -1.40. The number of hydrogen-bond acceptors (Lipinski definition) is 6. The fourth-order valence-corrected chi connectivity index (χ4v) is 2.38. The molecule has 1 N–H and O–H groups in total. The summed E-state index contributed by atoms with van der Waals surface area (Å²) in [5, 5.41) is 0. The average Bonchev–Trinajstić information content (AvgIpc) is 2.32. The van der Waals surface area contributed by atoms with Gasteiger partial charge in [-0.1, -0.05) is 0 Å². The summed E-state index contributed by atoms with van der Waals surface area (Å²) in [6.45, 7) is 2.70. The Morgan fingerprint density at radius 3 is 2.16 bits per heavy atom. The smallest absolute Gasteiger partial charge is 0.326 e. The minimum Gasteiger partial charge on any atom is -0.469 e. The molecule has 0 saturated heterocycles. The van der Waals surface area contributed by atoms with E-state index >= 15 is 0 Å². The molecule has 0 aliphatic rings. The number of nitrogens with zero attached hydrogens (tertiary/aromatic N) is 1. The Bertz CT molecular complexity index is 431. The van der Waals surface area contributed by atoms with Crippen LogP contribution < -0.4 is 4.72 Å². The number of ether oxygens (including phenoxy) is 2. The first-order valence-corrected chi connectivity index (χ1v) is 6.91. The minimum absolute atomic E-state index is 0.0563. The van der Waals surface area contributed by atoms with Crippen molar-refractivity contribution in [3.8, 4) is 0 Å². The highest BCUT2D eigenvalue weighted by molar-refractivity contribution is 7.87. The fraction of sp³-hybridized carbons (Fsp3) is 0.800. The van der Waals surface area contributed by atoms with E-state index in [1.807, 2.05) is 0 Å². The van der Waals surface area contributed by atoms with Gasteiger partial charge in [0.05, 0.1) is 20.6 Å². The van der Waals surface area contributed by atoms with Gasteiger partial charge >= 0.3 is 11.9 Å². The zero-order valence-electron chi connectivity index (χ0n) is 11.7. The molecule has 0 bridgehead atoms. The Balaban J connectivity index is 4.71. The van der Waals surface area contributed by atoms with E-state index in [4.69, 9.17) is 0 Å². The first kappa shape index (κ1) is 17.8. The van der Waals surface area contributed by atoms with E-state index in [1.54, 1.807) is 0 Å². The van der Waals surface area contributed by atoms with Gasteiger partial charge < -0.3 is 9.47 Å². The number of hydrogen-bond donors (Lipinski definition) is 1. The van der Waals surface area contributed by atoms with Crippen LogP contribution in [0.15, 0.2) is 0 Å². The predicted molar refractivity (Wildman–Crippen MR) is 67.4 cm³/mol. The van der Waals surface area contributed by atoms with Gasteiger partial charge in [0.2, 0.25) is 0 Å². The molecule has 8 nitrogen and oxygen atoms in total. The summed E-state index contributed by atoms with van der Waals surface area (Å²) in [6.07, 6.45) is -0.0768. The third kappa shape index (κ3) is 5.53. The summed E-state index contributed by atoms with van der Waals surface area (Å²) < 4.78 is 35.9. The van der Waals surface area contributed by atoms with E-state index in [0.29, 0.717) is 0 Å². The maximum atomic E-state index is 11.9. The number of rotatable bonds is 7. The van der Waals surface area contributed by atoms with Crippen LogP contribution in [0.3, 0.4) is 0 Å². The molecule has 0 aliphatic carbocycles. The second-order valence-electron chi connectivity index (χ2n) is 4.37. The van der Waals surface area contributed by atoms with E-state index in [2.05, 4.69) is 14.2 Å². The van der Waals surface area contributed by atoms with Gasteiger partial charge in [-0.3, -0.25) is 9.59 Å². The first-order chi connectivity index (χ1) is 8.56. The van der Waals surface area contributed by atoms with E-state index < -0.39 is 27.7 Å². The van der Waals surface area contributed by atoms with Gasteiger partial charge in [-0.25, -0.2) is 0 Å².